The van der Waals surface area contributed by atoms with Gasteiger partial charge >= 0.3 is 0 Å². The van der Waals surface area contributed by atoms with Crippen LogP contribution in [0, 0.1) is 5.41 Å². The van der Waals surface area contributed by atoms with Crippen molar-refractivity contribution in [3.8, 4) is 0 Å². The Morgan fingerprint density at radius 2 is 1.95 bits per heavy atom. The van der Waals surface area contributed by atoms with Crippen LogP contribution in [0.2, 0.25) is 0 Å². The van der Waals surface area contributed by atoms with Crippen LogP contribution in [0.1, 0.15) is 38.7 Å². The number of aliphatic hydroxyl groups is 1. The Morgan fingerprint density at radius 3 is 2.43 bits per heavy atom. The molecule has 0 aliphatic carbocycles. The molecule has 1 aromatic carbocycles. The summed E-state index contributed by atoms with van der Waals surface area (Å²) in [5.74, 6) is 0. The smallest absolute Gasteiger partial charge is 0.244 e. The standard InChI is InChI=1S/C15H22BrNO3S/c1-3-15(2)6-8-17(9-7-15)21(19,20)14-5-4-12(11-18)10-13(14)16/h4-5,10,18H,3,6-9,11H2,1-2H3. The number of rotatable bonds is 4. The van der Waals surface area contributed by atoms with Crippen LogP contribution in [0.4, 0.5) is 0 Å². The molecular formula is C15H22BrNO3S. The Bertz CT molecular complexity index is 607. The molecule has 0 bridgehead atoms. The van der Waals surface area contributed by atoms with Gasteiger partial charge in [0.1, 0.15) is 0 Å². The van der Waals surface area contributed by atoms with Gasteiger partial charge in [0.2, 0.25) is 10.0 Å². The molecule has 1 aromatic rings. The van der Waals surface area contributed by atoms with E-state index in [-0.39, 0.29) is 16.9 Å². The lowest BCUT2D eigenvalue weighted by atomic mass is 9.79. The van der Waals surface area contributed by atoms with Crippen molar-refractivity contribution in [3.05, 3.63) is 28.2 Å². The zero-order valence-electron chi connectivity index (χ0n) is 12.5. The average molecular weight is 376 g/mol. The summed E-state index contributed by atoms with van der Waals surface area (Å²) < 4.78 is 27.6. The van der Waals surface area contributed by atoms with Gasteiger partial charge in [-0.3, -0.25) is 0 Å². The maximum atomic E-state index is 12.7. The Hall–Kier alpha value is -0.430. The molecule has 2 rings (SSSR count). The first-order chi connectivity index (χ1) is 9.82. The normalized spacial score (nSPS) is 19.6. The van der Waals surface area contributed by atoms with Gasteiger partial charge in [0, 0.05) is 17.6 Å². The van der Waals surface area contributed by atoms with Gasteiger partial charge in [-0.15, -0.1) is 0 Å². The highest BCUT2D eigenvalue weighted by Gasteiger charge is 2.35. The lowest BCUT2D eigenvalue weighted by Crippen LogP contribution is -2.41. The topological polar surface area (TPSA) is 57.6 Å². The van der Waals surface area contributed by atoms with Crippen molar-refractivity contribution in [1.82, 2.24) is 4.31 Å². The van der Waals surface area contributed by atoms with Crippen LogP contribution in [0.15, 0.2) is 27.6 Å². The van der Waals surface area contributed by atoms with Crippen molar-refractivity contribution in [1.29, 1.82) is 0 Å². The van der Waals surface area contributed by atoms with Crippen molar-refractivity contribution < 1.29 is 13.5 Å². The van der Waals surface area contributed by atoms with Crippen molar-refractivity contribution in [3.63, 3.8) is 0 Å². The quantitative estimate of drug-likeness (QED) is 0.878. The minimum Gasteiger partial charge on any atom is -0.392 e. The van der Waals surface area contributed by atoms with Gasteiger partial charge in [0.25, 0.3) is 0 Å². The number of sulfonamides is 1. The molecule has 0 saturated carbocycles. The van der Waals surface area contributed by atoms with Gasteiger partial charge in [0.15, 0.2) is 0 Å². The number of benzene rings is 1. The molecule has 1 aliphatic heterocycles. The van der Waals surface area contributed by atoms with E-state index in [9.17, 15) is 8.42 Å². The zero-order valence-corrected chi connectivity index (χ0v) is 14.9. The third-order valence-electron chi connectivity index (χ3n) is 4.58. The number of hydrogen-bond donors (Lipinski definition) is 1. The number of hydrogen-bond acceptors (Lipinski definition) is 3. The summed E-state index contributed by atoms with van der Waals surface area (Å²) in [6.07, 6.45) is 2.87. The fourth-order valence-electron chi connectivity index (χ4n) is 2.61. The van der Waals surface area contributed by atoms with Crippen molar-refractivity contribution in [2.45, 2.75) is 44.6 Å². The van der Waals surface area contributed by atoms with E-state index in [0.29, 0.717) is 23.1 Å². The van der Waals surface area contributed by atoms with Crippen LogP contribution in [0.3, 0.4) is 0 Å². The maximum absolute atomic E-state index is 12.7. The summed E-state index contributed by atoms with van der Waals surface area (Å²) in [7, 11) is -3.47. The van der Waals surface area contributed by atoms with Crippen LogP contribution in [-0.2, 0) is 16.6 Å². The Morgan fingerprint density at radius 1 is 1.33 bits per heavy atom. The number of halogens is 1. The van der Waals surface area contributed by atoms with Gasteiger partial charge in [-0.25, -0.2) is 8.42 Å². The summed E-state index contributed by atoms with van der Waals surface area (Å²) in [6, 6.07) is 4.88. The van der Waals surface area contributed by atoms with Gasteiger partial charge in [-0.2, -0.15) is 4.31 Å². The van der Waals surface area contributed by atoms with E-state index >= 15 is 0 Å². The lowest BCUT2D eigenvalue weighted by molar-refractivity contribution is 0.169. The predicted octanol–water partition coefficient (Wildman–Crippen LogP) is 3.14. The first kappa shape index (κ1) is 16.9. The van der Waals surface area contributed by atoms with Gasteiger partial charge in [-0.05, 0) is 51.9 Å². The number of piperidine rings is 1. The number of aliphatic hydroxyl groups excluding tert-OH is 1. The summed E-state index contributed by atoms with van der Waals surface area (Å²) in [5, 5.41) is 9.11. The summed E-state index contributed by atoms with van der Waals surface area (Å²) in [4.78, 5) is 0.278. The minimum atomic E-state index is -3.47. The highest BCUT2D eigenvalue weighted by molar-refractivity contribution is 9.10. The molecule has 1 N–H and O–H groups in total. The van der Waals surface area contributed by atoms with Crippen LogP contribution >= 0.6 is 15.9 Å². The van der Waals surface area contributed by atoms with Gasteiger partial charge < -0.3 is 5.11 Å². The molecule has 6 heteroatoms. The molecule has 1 fully saturated rings. The number of nitrogens with zero attached hydrogens (tertiary/aromatic N) is 1. The molecule has 21 heavy (non-hydrogen) atoms. The molecule has 0 aromatic heterocycles. The van der Waals surface area contributed by atoms with Crippen molar-refractivity contribution >= 4 is 26.0 Å². The van der Waals surface area contributed by atoms with E-state index in [1.54, 1.807) is 22.5 Å². The summed E-state index contributed by atoms with van der Waals surface area (Å²) in [6.45, 7) is 5.43. The minimum absolute atomic E-state index is 0.0997. The second-order valence-electron chi connectivity index (χ2n) is 5.99. The first-order valence-corrected chi connectivity index (χ1v) is 9.45. The molecule has 0 unspecified atom stereocenters. The van der Waals surface area contributed by atoms with E-state index < -0.39 is 10.0 Å². The van der Waals surface area contributed by atoms with Crippen molar-refractivity contribution in [2.24, 2.45) is 5.41 Å². The molecule has 0 radical (unpaired) electrons. The highest BCUT2D eigenvalue weighted by atomic mass is 79.9. The third-order valence-corrected chi connectivity index (χ3v) is 7.46. The van der Waals surface area contributed by atoms with Crippen LogP contribution < -0.4 is 0 Å². The zero-order chi connectivity index (χ0) is 15.7. The summed E-state index contributed by atoms with van der Waals surface area (Å²) >= 11 is 3.31. The second-order valence-corrected chi connectivity index (χ2v) is 8.75. The van der Waals surface area contributed by atoms with Crippen molar-refractivity contribution in [2.75, 3.05) is 13.1 Å². The van der Waals surface area contributed by atoms with E-state index in [4.69, 9.17) is 5.11 Å². The summed E-state index contributed by atoms with van der Waals surface area (Å²) in [5.41, 5.74) is 0.947. The average Bonchev–Trinajstić information content (AvgIpc) is 2.47. The Labute approximate surface area is 135 Å². The molecule has 4 nitrogen and oxygen atoms in total. The van der Waals surface area contributed by atoms with Crippen LogP contribution in [0.25, 0.3) is 0 Å². The third kappa shape index (κ3) is 3.50. The highest BCUT2D eigenvalue weighted by Crippen LogP contribution is 2.36. The lowest BCUT2D eigenvalue weighted by Gasteiger charge is -2.38. The van der Waals surface area contributed by atoms with Crippen LogP contribution in [0.5, 0.6) is 0 Å². The van der Waals surface area contributed by atoms with E-state index in [1.165, 1.54) is 0 Å². The maximum Gasteiger partial charge on any atom is 0.244 e. The van der Waals surface area contributed by atoms with E-state index in [1.807, 2.05) is 0 Å². The Balaban J connectivity index is 2.23. The molecule has 1 aliphatic rings. The van der Waals surface area contributed by atoms with Gasteiger partial charge in [0.05, 0.1) is 11.5 Å². The van der Waals surface area contributed by atoms with E-state index in [0.717, 1.165) is 19.3 Å². The predicted molar refractivity (Wildman–Crippen MR) is 86.5 cm³/mol. The van der Waals surface area contributed by atoms with Gasteiger partial charge in [-0.1, -0.05) is 26.3 Å². The Kier molecular flexibility index (Phi) is 5.13. The van der Waals surface area contributed by atoms with Crippen LogP contribution in [-0.4, -0.2) is 30.9 Å². The SMILES string of the molecule is CCC1(C)CCN(S(=O)(=O)c2ccc(CO)cc2Br)CC1. The molecule has 1 saturated heterocycles. The fourth-order valence-corrected chi connectivity index (χ4v) is 5.14. The molecule has 1 heterocycles. The molecule has 0 atom stereocenters. The monoisotopic (exact) mass is 375 g/mol. The molecule has 0 amide bonds. The molecule has 0 spiro atoms. The second kappa shape index (κ2) is 6.36. The molecular weight excluding hydrogens is 354 g/mol. The first-order valence-electron chi connectivity index (χ1n) is 7.22. The van der Waals surface area contributed by atoms with E-state index in [2.05, 4.69) is 29.8 Å². The largest absolute Gasteiger partial charge is 0.392 e. The fraction of sp³-hybridized carbons (Fsp3) is 0.600. The molecule has 118 valence electrons.